The number of benzene rings is 1. The summed E-state index contributed by atoms with van der Waals surface area (Å²) in [5.41, 5.74) is 1.37. The fourth-order valence-electron chi connectivity index (χ4n) is 4.94. The molecule has 1 unspecified atom stereocenters. The van der Waals surface area contributed by atoms with Crippen molar-refractivity contribution in [2.24, 2.45) is 0 Å². The number of amides is 1. The normalized spacial score (nSPS) is 18.6. The SMILES string of the molecule is CCCC(=O)NC(C)C(=O)O[C@]1(CC)C(=O)OCc2c1cc1n(c2=O)Cc2cc3ccccc3nc2-1. The average molecular weight is 490 g/mol. The highest BCUT2D eigenvalue weighted by Crippen LogP contribution is 2.41. The van der Waals surface area contributed by atoms with E-state index in [0.29, 0.717) is 29.9 Å². The molecule has 1 N–H and O–H groups in total. The number of hydrogen-bond donors (Lipinski definition) is 1. The third kappa shape index (κ3) is 3.66. The Morgan fingerprint density at radius 3 is 2.75 bits per heavy atom. The number of esters is 2. The lowest BCUT2D eigenvalue weighted by atomic mass is 9.85. The molecule has 5 rings (SSSR count). The van der Waals surface area contributed by atoms with Crippen LogP contribution >= 0.6 is 0 Å². The molecule has 1 aromatic carbocycles. The molecule has 0 aliphatic carbocycles. The minimum Gasteiger partial charge on any atom is -0.457 e. The van der Waals surface area contributed by atoms with E-state index in [1.54, 1.807) is 17.6 Å². The Labute approximate surface area is 207 Å². The Morgan fingerprint density at radius 2 is 2.00 bits per heavy atom. The Morgan fingerprint density at radius 1 is 1.22 bits per heavy atom. The molecule has 0 spiro atoms. The van der Waals surface area contributed by atoms with E-state index in [1.165, 1.54) is 6.92 Å². The lowest BCUT2D eigenvalue weighted by Gasteiger charge is -2.36. The number of hydrogen-bond acceptors (Lipinski definition) is 7. The molecule has 2 aliphatic heterocycles. The zero-order chi connectivity index (χ0) is 25.6. The van der Waals surface area contributed by atoms with E-state index in [4.69, 9.17) is 14.5 Å². The van der Waals surface area contributed by atoms with Crippen LogP contribution in [0.4, 0.5) is 0 Å². The molecule has 36 heavy (non-hydrogen) atoms. The van der Waals surface area contributed by atoms with Gasteiger partial charge in [-0.25, -0.2) is 14.6 Å². The molecule has 2 aliphatic rings. The number of nitrogens with zero attached hydrogens (tertiary/aromatic N) is 2. The number of ether oxygens (including phenoxy) is 2. The van der Waals surface area contributed by atoms with Crippen molar-refractivity contribution in [1.29, 1.82) is 0 Å². The Hall–Kier alpha value is -4.01. The average Bonchev–Trinajstić information content (AvgIpc) is 3.22. The maximum atomic E-state index is 13.6. The van der Waals surface area contributed by atoms with Crippen molar-refractivity contribution in [3.63, 3.8) is 0 Å². The first-order valence-corrected chi connectivity index (χ1v) is 12.1. The third-order valence-corrected chi connectivity index (χ3v) is 6.87. The molecule has 186 valence electrons. The van der Waals surface area contributed by atoms with Crippen molar-refractivity contribution in [3.05, 3.63) is 63.4 Å². The highest BCUT2D eigenvalue weighted by Gasteiger charge is 2.51. The molecule has 0 saturated heterocycles. The Balaban J connectivity index is 1.59. The number of fused-ring (bicyclic) bond motifs is 5. The van der Waals surface area contributed by atoms with Crippen LogP contribution in [0.2, 0.25) is 0 Å². The van der Waals surface area contributed by atoms with Gasteiger partial charge in [-0.05, 0) is 38.0 Å². The van der Waals surface area contributed by atoms with E-state index >= 15 is 0 Å². The zero-order valence-electron chi connectivity index (χ0n) is 20.4. The number of carbonyl (C=O) groups is 3. The number of carbonyl (C=O) groups excluding carboxylic acids is 3. The highest BCUT2D eigenvalue weighted by atomic mass is 16.6. The quantitative estimate of drug-likeness (QED) is 0.414. The lowest BCUT2D eigenvalue weighted by Crippen LogP contribution is -2.50. The number of cyclic esters (lactones) is 1. The fourth-order valence-corrected chi connectivity index (χ4v) is 4.94. The standard InChI is InChI=1S/C27H27N3O6/c1-4-8-22(31)28-15(3)25(33)36-27(5-2)19-12-21-23-17(11-16-9-6-7-10-20(16)29-23)13-30(21)24(32)18(19)14-35-26(27)34/h6-7,9-12,15H,4-5,8,13-14H2,1-3H3,(H,28,31)/t15?,27-/m0/s1. The van der Waals surface area contributed by atoms with E-state index in [2.05, 4.69) is 5.32 Å². The van der Waals surface area contributed by atoms with Crippen LogP contribution < -0.4 is 10.9 Å². The van der Waals surface area contributed by atoms with Crippen molar-refractivity contribution < 1.29 is 23.9 Å². The predicted molar refractivity (Wildman–Crippen MR) is 131 cm³/mol. The minimum atomic E-state index is -1.80. The second-order valence-corrected chi connectivity index (χ2v) is 9.22. The number of rotatable bonds is 6. The van der Waals surface area contributed by atoms with Crippen LogP contribution in [0, 0.1) is 0 Å². The molecular weight excluding hydrogens is 462 g/mol. The number of nitrogens with one attached hydrogen (secondary N) is 1. The molecular formula is C27H27N3O6. The molecule has 0 radical (unpaired) electrons. The van der Waals surface area contributed by atoms with Gasteiger partial charge in [0.05, 0.1) is 29.0 Å². The molecule has 0 bridgehead atoms. The van der Waals surface area contributed by atoms with Gasteiger partial charge in [-0.1, -0.05) is 32.0 Å². The van der Waals surface area contributed by atoms with Gasteiger partial charge < -0.3 is 19.4 Å². The first-order valence-electron chi connectivity index (χ1n) is 12.1. The van der Waals surface area contributed by atoms with E-state index in [9.17, 15) is 19.2 Å². The van der Waals surface area contributed by atoms with Gasteiger partial charge in [-0.2, -0.15) is 0 Å². The summed E-state index contributed by atoms with van der Waals surface area (Å²) < 4.78 is 12.8. The van der Waals surface area contributed by atoms with Crippen LogP contribution in [-0.4, -0.2) is 33.4 Å². The summed E-state index contributed by atoms with van der Waals surface area (Å²) in [4.78, 5) is 56.4. The van der Waals surface area contributed by atoms with Gasteiger partial charge in [0.15, 0.2) is 0 Å². The molecule has 0 saturated carbocycles. The molecule has 2 atom stereocenters. The summed E-state index contributed by atoms with van der Waals surface area (Å²) in [5, 5.41) is 3.56. The van der Waals surface area contributed by atoms with Gasteiger partial charge in [0.2, 0.25) is 11.5 Å². The van der Waals surface area contributed by atoms with Crippen LogP contribution in [-0.2, 0) is 42.6 Å². The number of pyridine rings is 2. The van der Waals surface area contributed by atoms with Crippen LogP contribution in [0.25, 0.3) is 22.3 Å². The van der Waals surface area contributed by atoms with E-state index in [0.717, 1.165) is 16.5 Å². The van der Waals surface area contributed by atoms with Crippen molar-refractivity contribution in [2.75, 3.05) is 0 Å². The van der Waals surface area contributed by atoms with Crippen LogP contribution in [0.5, 0.6) is 0 Å². The Bertz CT molecular complexity index is 1480. The molecule has 0 fully saturated rings. The second-order valence-electron chi connectivity index (χ2n) is 9.22. The lowest BCUT2D eigenvalue weighted by molar-refractivity contribution is -0.190. The van der Waals surface area contributed by atoms with Gasteiger partial charge in [-0.3, -0.25) is 9.59 Å². The van der Waals surface area contributed by atoms with Crippen LogP contribution in [0.1, 0.15) is 56.7 Å². The van der Waals surface area contributed by atoms with Crippen LogP contribution in [0.3, 0.4) is 0 Å². The first-order chi connectivity index (χ1) is 17.3. The van der Waals surface area contributed by atoms with Gasteiger partial charge in [-0.15, -0.1) is 0 Å². The van der Waals surface area contributed by atoms with E-state index < -0.39 is 23.6 Å². The summed E-state index contributed by atoms with van der Waals surface area (Å²) in [7, 11) is 0. The maximum Gasteiger partial charge on any atom is 0.355 e. The summed E-state index contributed by atoms with van der Waals surface area (Å²) in [6, 6.07) is 10.5. The predicted octanol–water partition coefficient (Wildman–Crippen LogP) is 2.94. The molecule has 3 aromatic rings. The summed E-state index contributed by atoms with van der Waals surface area (Å²) in [6.45, 7) is 5.19. The fraction of sp³-hybridized carbons (Fsp3) is 0.370. The summed E-state index contributed by atoms with van der Waals surface area (Å²) in [6.07, 6.45) is 0.957. The van der Waals surface area contributed by atoms with Gasteiger partial charge in [0, 0.05) is 22.9 Å². The van der Waals surface area contributed by atoms with Crippen molar-refractivity contribution in [1.82, 2.24) is 14.9 Å². The summed E-state index contributed by atoms with van der Waals surface area (Å²) >= 11 is 0. The maximum absolute atomic E-state index is 13.6. The topological polar surface area (TPSA) is 117 Å². The van der Waals surface area contributed by atoms with Crippen molar-refractivity contribution >= 4 is 28.7 Å². The minimum absolute atomic E-state index is 0.0566. The zero-order valence-corrected chi connectivity index (χ0v) is 20.4. The van der Waals surface area contributed by atoms with E-state index in [-0.39, 0.29) is 36.5 Å². The third-order valence-electron chi connectivity index (χ3n) is 6.87. The monoisotopic (exact) mass is 489 g/mol. The number of aromatic nitrogens is 2. The van der Waals surface area contributed by atoms with Gasteiger partial charge >= 0.3 is 11.9 Å². The molecule has 9 nitrogen and oxygen atoms in total. The Kier molecular flexibility index (Phi) is 5.86. The van der Waals surface area contributed by atoms with Crippen molar-refractivity contribution in [3.8, 4) is 11.4 Å². The largest absolute Gasteiger partial charge is 0.457 e. The van der Waals surface area contributed by atoms with Crippen LogP contribution in [0.15, 0.2) is 41.2 Å². The van der Waals surface area contributed by atoms with Gasteiger partial charge in [0.25, 0.3) is 5.56 Å². The molecule has 2 aromatic heterocycles. The highest BCUT2D eigenvalue weighted by molar-refractivity contribution is 5.90. The second kappa shape index (κ2) is 8.89. The van der Waals surface area contributed by atoms with Crippen molar-refractivity contribution in [2.45, 2.75) is 64.8 Å². The summed E-state index contributed by atoms with van der Waals surface area (Å²) in [5.74, 6) is -1.81. The number of para-hydroxylation sites is 1. The van der Waals surface area contributed by atoms with E-state index in [1.807, 2.05) is 37.3 Å². The molecule has 9 heteroatoms. The molecule has 1 amide bonds. The first kappa shape index (κ1) is 23.7. The molecule has 4 heterocycles. The smallest absolute Gasteiger partial charge is 0.355 e. The van der Waals surface area contributed by atoms with Gasteiger partial charge in [0.1, 0.15) is 12.6 Å².